The number of aromatic nitrogens is 1. The predicted molar refractivity (Wildman–Crippen MR) is 70.8 cm³/mol. The van der Waals surface area contributed by atoms with E-state index in [4.69, 9.17) is 4.42 Å². The Kier molecular flexibility index (Phi) is 2.52. The lowest BCUT2D eigenvalue weighted by atomic mass is 10.1. The van der Waals surface area contributed by atoms with Crippen LogP contribution in [0.1, 0.15) is 5.56 Å². The van der Waals surface area contributed by atoms with Gasteiger partial charge in [-0.3, -0.25) is 10.1 Å². The topological polar surface area (TPSA) is 69.2 Å². The van der Waals surface area contributed by atoms with Gasteiger partial charge >= 0.3 is 0 Å². The van der Waals surface area contributed by atoms with E-state index in [1.54, 1.807) is 6.07 Å². The van der Waals surface area contributed by atoms with Crippen LogP contribution in [0, 0.1) is 17.0 Å². The van der Waals surface area contributed by atoms with Gasteiger partial charge in [0.25, 0.3) is 5.69 Å². The van der Waals surface area contributed by atoms with E-state index in [9.17, 15) is 10.1 Å². The Bertz CT molecular complexity index is 760. The molecule has 1 aromatic heterocycles. The number of aryl methyl sites for hydroxylation is 1. The fraction of sp³-hybridized carbons (Fsp3) is 0.0714. The number of rotatable bonds is 2. The summed E-state index contributed by atoms with van der Waals surface area (Å²) < 4.78 is 5.57. The first-order chi connectivity index (χ1) is 9.13. The fourth-order valence-corrected chi connectivity index (χ4v) is 1.85. The first-order valence-corrected chi connectivity index (χ1v) is 5.75. The van der Waals surface area contributed by atoms with Crippen LogP contribution in [0.5, 0.6) is 0 Å². The Morgan fingerprint density at radius 1 is 1.16 bits per heavy atom. The molecular weight excluding hydrogens is 244 g/mol. The summed E-state index contributed by atoms with van der Waals surface area (Å²) in [5.41, 5.74) is 3.03. The zero-order chi connectivity index (χ0) is 13.4. The molecular formula is C14H10N2O3. The molecule has 94 valence electrons. The maximum atomic E-state index is 10.7. The minimum atomic E-state index is -0.451. The van der Waals surface area contributed by atoms with Crippen molar-refractivity contribution in [2.75, 3.05) is 0 Å². The molecule has 0 amide bonds. The van der Waals surface area contributed by atoms with Crippen molar-refractivity contribution in [3.8, 4) is 11.5 Å². The molecule has 5 nitrogen and oxygen atoms in total. The fourth-order valence-electron chi connectivity index (χ4n) is 1.85. The van der Waals surface area contributed by atoms with E-state index in [1.165, 1.54) is 12.1 Å². The highest BCUT2D eigenvalue weighted by Gasteiger charge is 2.12. The summed E-state index contributed by atoms with van der Waals surface area (Å²) in [6, 6.07) is 12.2. The minimum absolute atomic E-state index is 0.000828. The van der Waals surface area contributed by atoms with Crippen LogP contribution in [0.3, 0.4) is 0 Å². The van der Waals surface area contributed by atoms with Gasteiger partial charge in [-0.25, -0.2) is 4.98 Å². The van der Waals surface area contributed by atoms with Gasteiger partial charge in [0, 0.05) is 11.6 Å². The van der Waals surface area contributed by atoms with Crippen molar-refractivity contribution in [1.29, 1.82) is 0 Å². The van der Waals surface area contributed by atoms with Gasteiger partial charge in [0.05, 0.1) is 11.0 Å². The lowest BCUT2D eigenvalue weighted by molar-refractivity contribution is -0.384. The average molecular weight is 254 g/mol. The van der Waals surface area contributed by atoms with Crippen molar-refractivity contribution >= 4 is 16.8 Å². The highest BCUT2D eigenvalue weighted by Crippen LogP contribution is 2.27. The molecule has 0 aliphatic heterocycles. The number of non-ortho nitro benzene ring substituents is 1. The Morgan fingerprint density at radius 2 is 1.89 bits per heavy atom. The van der Waals surface area contributed by atoms with E-state index in [1.807, 2.05) is 31.2 Å². The molecule has 3 rings (SSSR count). The molecule has 0 atom stereocenters. The third kappa shape index (κ3) is 2.06. The number of hydrogen-bond donors (Lipinski definition) is 0. The third-order valence-electron chi connectivity index (χ3n) is 2.88. The van der Waals surface area contributed by atoms with Gasteiger partial charge in [0.2, 0.25) is 5.89 Å². The van der Waals surface area contributed by atoms with Crippen LogP contribution >= 0.6 is 0 Å². The lowest BCUT2D eigenvalue weighted by Crippen LogP contribution is -1.86. The minimum Gasteiger partial charge on any atom is -0.436 e. The van der Waals surface area contributed by atoms with Gasteiger partial charge in [-0.05, 0) is 25.1 Å². The number of fused-ring (bicyclic) bond motifs is 1. The summed E-state index contributed by atoms with van der Waals surface area (Å²) in [5, 5.41) is 10.7. The predicted octanol–water partition coefficient (Wildman–Crippen LogP) is 3.71. The summed E-state index contributed by atoms with van der Waals surface area (Å²) in [7, 11) is 0. The highest BCUT2D eigenvalue weighted by molar-refractivity contribution is 5.78. The Morgan fingerprint density at radius 3 is 2.58 bits per heavy atom. The van der Waals surface area contributed by atoms with Gasteiger partial charge in [0.15, 0.2) is 5.58 Å². The zero-order valence-electron chi connectivity index (χ0n) is 10.2. The van der Waals surface area contributed by atoms with Crippen LogP contribution in [-0.4, -0.2) is 9.91 Å². The van der Waals surface area contributed by atoms with Crippen LogP contribution in [0.15, 0.2) is 46.9 Å². The van der Waals surface area contributed by atoms with E-state index in [-0.39, 0.29) is 5.69 Å². The first-order valence-electron chi connectivity index (χ1n) is 5.75. The molecule has 0 radical (unpaired) electrons. The summed E-state index contributed by atoms with van der Waals surface area (Å²) in [4.78, 5) is 14.6. The van der Waals surface area contributed by atoms with Gasteiger partial charge in [0.1, 0.15) is 5.52 Å². The van der Waals surface area contributed by atoms with Crippen molar-refractivity contribution in [3.05, 3.63) is 58.1 Å². The van der Waals surface area contributed by atoms with Crippen LogP contribution in [0.4, 0.5) is 5.69 Å². The van der Waals surface area contributed by atoms with E-state index < -0.39 is 4.92 Å². The average Bonchev–Trinajstić information content (AvgIpc) is 2.82. The number of nitrogens with zero attached hydrogens (tertiary/aromatic N) is 2. The van der Waals surface area contributed by atoms with Crippen LogP contribution in [-0.2, 0) is 0 Å². The maximum absolute atomic E-state index is 10.7. The molecule has 5 heteroatoms. The standard InChI is InChI=1S/C14H10N2O3/c1-9-2-4-10(5-3-9)14-15-12-7-6-11(16(17)18)8-13(12)19-14/h2-8H,1H3. The monoisotopic (exact) mass is 254 g/mol. The lowest BCUT2D eigenvalue weighted by Gasteiger charge is -1.95. The van der Waals surface area contributed by atoms with E-state index in [0.29, 0.717) is 17.0 Å². The number of oxazole rings is 1. The quantitative estimate of drug-likeness (QED) is 0.516. The SMILES string of the molecule is Cc1ccc(-c2nc3ccc([N+](=O)[O-])cc3o2)cc1. The van der Waals surface area contributed by atoms with Crippen LogP contribution in [0.25, 0.3) is 22.6 Å². The largest absolute Gasteiger partial charge is 0.436 e. The van der Waals surface area contributed by atoms with Crippen molar-refractivity contribution < 1.29 is 9.34 Å². The molecule has 0 bridgehead atoms. The molecule has 0 fully saturated rings. The smallest absolute Gasteiger partial charge is 0.273 e. The van der Waals surface area contributed by atoms with Crippen LogP contribution in [0.2, 0.25) is 0 Å². The van der Waals surface area contributed by atoms with Crippen molar-refractivity contribution in [1.82, 2.24) is 4.98 Å². The summed E-state index contributed by atoms with van der Waals surface area (Å²) in [5.74, 6) is 0.468. The molecule has 0 unspecified atom stereocenters. The van der Waals surface area contributed by atoms with Crippen molar-refractivity contribution in [3.63, 3.8) is 0 Å². The molecule has 0 spiro atoms. The van der Waals surface area contributed by atoms with Crippen molar-refractivity contribution in [2.24, 2.45) is 0 Å². The number of nitro benzene ring substituents is 1. The molecule has 0 aliphatic carbocycles. The Labute approximate surface area is 108 Å². The van der Waals surface area contributed by atoms with E-state index in [2.05, 4.69) is 4.98 Å². The summed E-state index contributed by atoms with van der Waals surface area (Å²) in [6.07, 6.45) is 0. The molecule has 0 aliphatic rings. The van der Waals surface area contributed by atoms with Gasteiger partial charge < -0.3 is 4.42 Å². The third-order valence-corrected chi connectivity index (χ3v) is 2.88. The summed E-state index contributed by atoms with van der Waals surface area (Å²) in [6.45, 7) is 2.00. The van der Waals surface area contributed by atoms with Gasteiger partial charge in [-0.15, -0.1) is 0 Å². The summed E-state index contributed by atoms with van der Waals surface area (Å²) >= 11 is 0. The molecule has 3 aromatic rings. The van der Waals surface area contributed by atoms with Gasteiger partial charge in [-0.1, -0.05) is 17.7 Å². The second kappa shape index (κ2) is 4.20. The van der Waals surface area contributed by atoms with Gasteiger partial charge in [-0.2, -0.15) is 0 Å². The maximum Gasteiger partial charge on any atom is 0.273 e. The molecule has 1 heterocycles. The highest BCUT2D eigenvalue weighted by atomic mass is 16.6. The normalized spacial score (nSPS) is 10.8. The van der Waals surface area contributed by atoms with Crippen LogP contribution < -0.4 is 0 Å². The van der Waals surface area contributed by atoms with E-state index >= 15 is 0 Å². The molecule has 0 N–H and O–H groups in total. The molecule has 19 heavy (non-hydrogen) atoms. The Hall–Kier alpha value is -2.69. The number of nitro groups is 1. The first kappa shape index (κ1) is 11.4. The molecule has 0 saturated heterocycles. The molecule has 0 saturated carbocycles. The Balaban J connectivity index is 2.11. The number of benzene rings is 2. The second-order valence-corrected chi connectivity index (χ2v) is 4.29. The van der Waals surface area contributed by atoms with E-state index in [0.717, 1.165) is 11.1 Å². The second-order valence-electron chi connectivity index (χ2n) is 4.29. The van der Waals surface area contributed by atoms with Crippen molar-refractivity contribution in [2.45, 2.75) is 6.92 Å². The molecule has 2 aromatic carbocycles. The number of hydrogen-bond acceptors (Lipinski definition) is 4. The zero-order valence-corrected chi connectivity index (χ0v) is 10.2.